The highest BCUT2D eigenvalue weighted by Gasteiger charge is 2.37. The third-order valence-corrected chi connectivity index (χ3v) is 4.68. The summed E-state index contributed by atoms with van der Waals surface area (Å²) in [4.78, 5) is 14.7. The highest BCUT2D eigenvalue weighted by atomic mass is 16.2. The van der Waals surface area contributed by atoms with Gasteiger partial charge in [0.2, 0.25) is 5.91 Å². The van der Waals surface area contributed by atoms with Gasteiger partial charge in [-0.2, -0.15) is 0 Å². The van der Waals surface area contributed by atoms with Crippen LogP contribution in [0.2, 0.25) is 0 Å². The monoisotopic (exact) mass is 253 g/mol. The molecule has 18 heavy (non-hydrogen) atoms. The van der Waals surface area contributed by atoms with E-state index in [0.717, 1.165) is 26.2 Å². The largest absolute Gasteiger partial charge is 0.352 e. The van der Waals surface area contributed by atoms with Crippen molar-refractivity contribution < 1.29 is 4.79 Å². The minimum Gasteiger partial charge on any atom is -0.352 e. The molecule has 4 nitrogen and oxygen atoms in total. The molecule has 0 bridgehead atoms. The van der Waals surface area contributed by atoms with Gasteiger partial charge < -0.3 is 10.6 Å². The first kappa shape index (κ1) is 13.8. The molecule has 1 amide bonds. The van der Waals surface area contributed by atoms with Gasteiger partial charge in [0, 0.05) is 32.2 Å². The second-order valence-electron chi connectivity index (χ2n) is 6.25. The maximum absolute atomic E-state index is 12.4. The predicted molar refractivity (Wildman–Crippen MR) is 73.5 cm³/mol. The number of amides is 1. The number of hydrogen-bond donors (Lipinski definition) is 2. The van der Waals surface area contributed by atoms with Crippen LogP contribution in [0.1, 0.15) is 40.0 Å². The second-order valence-corrected chi connectivity index (χ2v) is 6.25. The van der Waals surface area contributed by atoms with Gasteiger partial charge in [0.25, 0.3) is 0 Å². The van der Waals surface area contributed by atoms with Crippen molar-refractivity contribution in [2.24, 2.45) is 5.92 Å². The lowest BCUT2D eigenvalue weighted by Crippen LogP contribution is -2.61. The Bertz CT molecular complexity index is 293. The fourth-order valence-electron chi connectivity index (χ4n) is 2.81. The molecule has 4 heteroatoms. The molecule has 2 fully saturated rings. The van der Waals surface area contributed by atoms with Gasteiger partial charge in [-0.3, -0.25) is 9.69 Å². The molecule has 1 heterocycles. The summed E-state index contributed by atoms with van der Waals surface area (Å²) in [7, 11) is 0. The van der Waals surface area contributed by atoms with E-state index < -0.39 is 0 Å². The molecule has 0 aromatic carbocycles. The first-order valence-electron chi connectivity index (χ1n) is 7.28. The van der Waals surface area contributed by atoms with Crippen LogP contribution >= 0.6 is 0 Å². The van der Waals surface area contributed by atoms with Crippen molar-refractivity contribution in [1.82, 2.24) is 15.5 Å². The van der Waals surface area contributed by atoms with Gasteiger partial charge in [-0.1, -0.05) is 6.42 Å². The molecule has 1 aliphatic carbocycles. The van der Waals surface area contributed by atoms with E-state index in [1.54, 1.807) is 0 Å². The maximum Gasteiger partial charge on any atom is 0.240 e. The van der Waals surface area contributed by atoms with Crippen molar-refractivity contribution in [3.05, 3.63) is 0 Å². The minimum absolute atomic E-state index is 0.184. The standard InChI is InChI=1S/C14H27N3O/c1-11(12-5-4-6-12)16-13(18)14(2,3)17-9-7-15-8-10-17/h11-12,15H,4-10H2,1-3H3,(H,16,18). The normalized spacial score (nSPS) is 24.4. The lowest BCUT2D eigenvalue weighted by Gasteiger charge is -2.41. The maximum atomic E-state index is 12.4. The van der Waals surface area contributed by atoms with Crippen LogP contribution in [0.15, 0.2) is 0 Å². The summed E-state index contributed by atoms with van der Waals surface area (Å²) >= 11 is 0. The molecule has 0 aromatic heterocycles. The molecule has 0 aromatic rings. The number of nitrogens with one attached hydrogen (secondary N) is 2. The summed E-state index contributed by atoms with van der Waals surface area (Å²) < 4.78 is 0. The molecule has 1 saturated carbocycles. The SMILES string of the molecule is CC(NC(=O)C(C)(C)N1CCNCC1)C1CCC1. The Morgan fingerprint density at radius 2 is 1.94 bits per heavy atom. The molecule has 1 unspecified atom stereocenters. The lowest BCUT2D eigenvalue weighted by molar-refractivity contribution is -0.133. The Kier molecular flexibility index (Phi) is 4.28. The first-order chi connectivity index (χ1) is 8.51. The van der Waals surface area contributed by atoms with Gasteiger partial charge in [-0.05, 0) is 39.5 Å². The molecule has 2 rings (SSSR count). The van der Waals surface area contributed by atoms with Crippen molar-refractivity contribution in [3.8, 4) is 0 Å². The molecule has 2 N–H and O–H groups in total. The predicted octanol–water partition coefficient (Wildman–Crippen LogP) is 0.975. The Morgan fingerprint density at radius 1 is 1.33 bits per heavy atom. The summed E-state index contributed by atoms with van der Waals surface area (Å²) in [6, 6.07) is 0.327. The van der Waals surface area contributed by atoms with Crippen molar-refractivity contribution in [3.63, 3.8) is 0 Å². The number of carbonyl (C=O) groups is 1. The first-order valence-corrected chi connectivity index (χ1v) is 7.28. The second kappa shape index (κ2) is 5.57. The third kappa shape index (κ3) is 2.86. The highest BCUT2D eigenvalue weighted by Crippen LogP contribution is 2.29. The molecule has 0 spiro atoms. The van der Waals surface area contributed by atoms with E-state index in [2.05, 4.69) is 22.5 Å². The van der Waals surface area contributed by atoms with Crippen molar-refractivity contribution in [2.45, 2.75) is 51.6 Å². The molecule has 1 aliphatic heterocycles. The van der Waals surface area contributed by atoms with E-state index >= 15 is 0 Å². The number of piperazine rings is 1. The van der Waals surface area contributed by atoms with Gasteiger partial charge in [0.1, 0.15) is 0 Å². The van der Waals surface area contributed by atoms with Crippen molar-refractivity contribution in [2.75, 3.05) is 26.2 Å². The third-order valence-electron chi connectivity index (χ3n) is 4.68. The van der Waals surface area contributed by atoms with E-state index in [1.807, 2.05) is 13.8 Å². The van der Waals surface area contributed by atoms with Crippen molar-refractivity contribution in [1.29, 1.82) is 0 Å². The quantitative estimate of drug-likeness (QED) is 0.785. The topological polar surface area (TPSA) is 44.4 Å². The number of hydrogen-bond acceptors (Lipinski definition) is 3. The molecular weight excluding hydrogens is 226 g/mol. The average Bonchev–Trinajstić information content (AvgIpc) is 2.27. The molecule has 2 aliphatic rings. The Labute approximate surface area is 110 Å². The van der Waals surface area contributed by atoms with E-state index in [-0.39, 0.29) is 11.4 Å². The van der Waals surface area contributed by atoms with E-state index in [9.17, 15) is 4.79 Å². The number of nitrogens with zero attached hydrogens (tertiary/aromatic N) is 1. The van der Waals surface area contributed by atoms with Gasteiger partial charge in [-0.15, -0.1) is 0 Å². The molecular formula is C14H27N3O. The van der Waals surface area contributed by atoms with Crippen LogP contribution in [0.3, 0.4) is 0 Å². The molecule has 0 radical (unpaired) electrons. The van der Waals surface area contributed by atoms with E-state index in [0.29, 0.717) is 12.0 Å². The molecule has 1 atom stereocenters. The minimum atomic E-state index is -0.389. The van der Waals surface area contributed by atoms with Crippen LogP contribution in [0.25, 0.3) is 0 Å². The van der Waals surface area contributed by atoms with Gasteiger partial charge >= 0.3 is 0 Å². The zero-order valence-corrected chi connectivity index (χ0v) is 12.0. The van der Waals surface area contributed by atoms with Crippen LogP contribution in [0, 0.1) is 5.92 Å². The van der Waals surface area contributed by atoms with Gasteiger partial charge in [0.15, 0.2) is 0 Å². The van der Waals surface area contributed by atoms with E-state index in [1.165, 1.54) is 19.3 Å². The average molecular weight is 253 g/mol. The molecule has 1 saturated heterocycles. The van der Waals surface area contributed by atoms with Crippen LogP contribution < -0.4 is 10.6 Å². The zero-order chi connectivity index (χ0) is 13.2. The summed E-state index contributed by atoms with van der Waals surface area (Å²) in [5.74, 6) is 0.886. The zero-order valence-electron chi connectivity index (χ0n) is 12.0. The van der Waals surface area contributed by atoms with Crippen LogP contribution in [-0.2, 0) is 4.79 Å². The van der Waals surface area contributed by atoms with Crippen LogP contribution in [0.5, 0.6) is 0 Å². The summed E-state index contributed by atoms with van der Waals surface area (Å²) in [5.41, 5.74) is -0.389. The van der Waals surface area contributed by atoms with Gasteiger partial charge in [-0.25, -0.2) is 0 Å². The number of carbonyl (C=O) groups excluding carboxylic acids is 1. The Morgan fingerprint density at radius 3 is 2.44 bits per heavy atom. The van der Waals surface area contributed by atoms with Gasteiger partial charge in [0.05, 0.1) is 5.54 Å². The fourth-order valence-corrected chi connectivity index (χ4v) is 2.81. The lowest BCUT2D eigenvalue weighted by atomic mass is 9.80. The molecule has 104 valence electrons. The van der Waals surface area contributed by atoms with Crippen LogP contribution in [0.4, 0.5) is 0 Å². The summed E-state index contributed by atoms with van der Waals surface area (Å²) in [6.45, 7) is 10.1. The van der Waals surface area contributed by atoms with E-state index in [4.69, 9.17) is 0 Å². The summed E-state index contributed by atoms with van der Waals surface area (Å²) in [6.07, 6.45) is 3.87. The fraction of sp³-hybridized carbons (Fsp3) is 0.929. The highest BCUT2D eigenvalue weighted by molar-refractivity contribution is 5.85. The van der Waals surface area contributed by atoms with Crippen molar-refractivity contribution >= 4 is 5.91 Å². The summed E-state index contributed by atoms with van der Waals surface area (Å²) in [5, 5.41) is 6.55. The Hall–Kier alpha value is -0.610. The number of rotatable bonds is 4. The smallest absolute Gasteiger partial charge is 0.240 e. The Balaban J connectivity index is 1.88. The van der Waals surface area contributed by atoms with Crippen LogP contribution in [-0.4, -0.2) is 48.6 Å².